The van der Waals surface area contributed by atoms with Crippen LogP contribution in [0.5, 0.6) is 0 Å². The Morgan fingerprint density at radius 2 is 1.79 bits per heavy atom. The number of benzene rings is 2. The Kier molecular flexibility index (Phi) is 9.74. The van der Waals surface area contributed by atoms with Crippen molar-refractivity contribution in [3.05, 3.63) is 75.8 Å². The number of carbonyl (C=O) groups is 4. The molecule has 3 rings (SSSR count). The average molecular weight is 527 g/mol. The minimum atomic E-state index is -1.35. The van der Waals surface area contributed by atoms with Crippen LogP contribution in [0, 0.1) is 10.1 Å². The molecule has 1 heterocycles. The molecule has 202 valence electrons. The number of hydrogen-bond donors (Lipinski definition) is 2. The highest BCUT2D eigenvalue weighted by atomic mass is 16.6. The molecular weight excluding hydrogens is 496 g/mol. The van der Waals surface area contributed by atoms with Crippen LogP contribution in [-0.2, 0) is 30.5 Å². The number of nitrogens with zero attached hydrogens (tertiary/aromatic N) is 2. The van der Waals surface area contributed by atoms with Gasteiger partial charge in [0.25, 0.3) is 5.69 Å². The van der Waals surface area contributed by atoms with Crippen LogP contribution in [0.1, 0.15) is 43.2 Å². The summed E-state index contributed by atoms with van der Waals surface area (Å²) >= 11 is 0. The van der Waals surface area contributed by atoms with E-state index in [4.69, 9.17) is 15.2 Å². The van der Waals surface area contributed by atoms with Gasteiger partial charge in [0.05, 0.1) is 18.0 Å². The van der Waals surface area contributed by atoms with Crippen LogP contribution in [0.15, 0.2) is 54.6 Å². The fourth-order valence-corrected chi connectivity index (χ4v) is 4.35. The van der Waals surface area contributed by atoms with Crippen LogP contribution < -0.4 is 11.1 Å². The molecule has 1 aliphatic rings. The maximum Gasteiger partial charge on any atom is 0.410 e. The van der Waals surface area contributed by atoms with Gasteiger partial charge in [-0.25, -0.2) is 4.79 Å². The number of nitro groups is 1. The van der Waals surface area contributed by atoms with Crippen molar-refractivity contribution >= 4 is 29.6 Å². The number of primary amides is 1. The Labute approximate surface area is 219 Å². The number of hydrogen-bond acceptors (Lipinski definition) is 8. The molecule has 0 aliphatic carbocycles. The van der Waals surface area contributed by atoms with Gasteiger partial charge >= 0.3 is 12.1 Å². The first-order chi connectivity index (χ1) is 18.2. The molecule has 0 aromatic heterocycles. The number of nitrogens with one attached hydrogen (secondary N) is 1. The normalized spacial score (nSPS) is 16.2. The predicted molar refractivity (Wildman–Crippen MR) is 135 cm³/mol. The molecule has 3 atom stereocenters. The van der Waals surface area contributed by atoms with Crippen LogP contribution in [0.3, 0.4) is 0 Å². The van der Waals surface area contributed by atoms with Gasteiger partial charge in [-0.05, 0) is 30.9 Å². The first-order valence-corrected chi connectivity index (χ1v) is 12.2. The van der Waals surface area contributed by atoms with Crippen molar-refractivity contribution in [3.63, 3.8) is 0 Å². The number of nitro benzene ring substituents is 1. The molecule has 0 radical (unpaired) electrons. The zero-order chi connectivity index (χ0) is 27.7. The molecule has 38 heavy (non-hydrogen) atoms. The minimum absolute atomic E-state index is 0.0379. The van der Waals surface area contributed by atoms with E-state index in [1.54, 1.807) is 19.1 Å². The highest BCUT2D eigenvalue weighted by Crippen LogP contribution is 2.28. The van der Waals surface area contributed by atoms with Gasteiger partial charge in [0.15, 0.2) is 0 Å². The van der Waals surface area contributed by atoms with E-state index in [1.807, 2.05) is 18.2 Å². The molecule has 1 aliphatic heterocycles. The van der Waals surface area contributed by atoms with Crippen LogP contribution in [-0.4, -0.2) is 58.9 Å². The summed E-state index contributed by atoms with van der Waals surface area (Å²) in [5.74, 6) is -3.14. The molecule has 0 unspecified atom stereocenters. The Bertz CT molecular complexity index is 1160. The van der Waals surface area contributed by atoms with Crippen molar-refractivity contribution in [2.24, 2.45) is 5.73 Å². The number of carbonyl (C=O) groups excluding carboxylic acids is 4. The SMILES string of the molecule is CCOC(=O)C[C@@H](c1ccc([N+](=O)[O-])cc1)[C@@H](NC(=O)[C@H]1CCCN1C(=O)OCc1ccccc1)C(N)=O. The van der Waals surface area contributed by atoms with E-state index < -0.39 is 46.8 Å². The number of amides is 3. The number of rotatable bonds is 11. The van der Waals surface area contributed by atoms with E-state index in [0.29, 0.717) is 24.9 Å². The predicted octanol–water partition coefficient (Wildman–Crippen LogP) is 2.40. The summed E-state index contributed by atoms with van der Waals surface area (Å²) in [4.78, 5) is 62.6. The molecule has 3 amide bonds. The molecule has 2 aromatic carbocycles. The molecule has 12 heteroatoms. The summed E-state index contributed by atoms with van der Waals surface area (Å²) in [6.45, 7) is 2.05. The van der Waals surface area contributed by atoms with Crippen molar-refractivity contribution in [1.82, 2.24) is 10.2 Å². The first-order valence-electron chi connectivity index (χ1n) is 12.2. The van der Waals surface area contributed by atoms with Crippen molar-refractivity contribution in [2.75, 3.05) is 13.2 Å². The van der Waals surface area contributed by atoms with Gasteiger partial charge in [0.2, 0.25) is 11.8 Å². The fraction of sp³-hybridized carbons (Fsp3) is 0.385. The van der Waals surface area contributed by atoms with E-state index in [-0.39, 0.29) is 25.3 Å². The van der Waals surface area contributed by atoms with Crippen LogP contribution in [0.4, 0.5) is 10.5 Å². The zero-order valence-electron chi connectivity index (χ0n) is 20.9. The van der Waals surface area contributed by atoms with Crippen molar-refractivity contribution < 1.29 is 33.6 Å². The standard InChI is InChI=1S/C26H30N4O8/c1-2-37-22(31)15-20(18-10-12-19(13-11-18)30(35)36)23(24(27)32)28-25(33)21-9-6-14-29(21)26(34)38-16-17-7-4-3-5-8-17/h3-5,7-8,10-13,20-21,23H,2,6,9,14-16H2,1H3,(H2,27,32)(H,28,33)/t20-,21+,23+/m0/s1. The summed E-state index contributed by atoms with van der Waals surface area (Å²) in [5.41, 5.74) is 6.62. The average Bonchev–Trinajstić information content (AvgIpc) is 3.40. The van der Waals surface area contributed by atoms with Crippen molar-refractivity contribution in [1.29, 1.82) is 0 Å². The monoisotopic (exact) mass is 526 g/mol. The zero-order valence-corrected chi connectivity index (χ0v) is 20.9. The molecular formula is C26H30N4O8. The largest absolute Gasteiger partial charge is 0.466 e. The number of ether oxygens (including phenoxy) is 2. The fourth-order valence-electron chi connectivity index (χ4n) is 4.35. The smallest absolute Gasteiger partial charge is 0.410 e. The molecule has 2 aromatic rings. The lowest BCUT2D eigenvalue weighted by molar-refractivity contribution is -0.384. The maximum atomic E-state index is 13.3. The summed E-state index contributed by atoms with van der Waals surface area (Å²) in [5, 5.41) is 13.6. The Balaban J connectivity index is 1.77. The van der Waals surface area contributed by atoms with E-state index in [0.717, 1.165) is 5.56 Å². The number of esters is 1. The first kappa shape index (κ1) is 28.1. The van der Waals surface area contributed by atoms with Gasteiger partial charge in [-0.1, -0.05) is 42.5 Å². The van der Waals surface area contributed by atoms with E-state index in [1.165, 1.54) is 29.2 Å². The van der Waals surface area contributed by atoms with Gasteiger partial charge in [0, 0.05) is 24.6 Å². The van der Waals surface area contributed by atoms with Gasteiger partial charge in [-0.15, -0.1) is 0 Å². The minimum Gasteiger partial charge on any atom is -0.466 e. The number of nitrogens with two attached hydrogens (primary N) is 1. The van der Waals surface area contributed by atoms with E-state index in [2.05, 4.69) is 5.32 Å². The molecule has 0 spiro atoms. The summed E-state index contributed by atoms with van der Waals surface area (Å²) in [7, 11) is 0. The summed E-state index contributed by atoms with van der Waals surface area (Å²) in [6, 6.07) is 12.1. The van der Waals surface area contributed by atoms with Crippen LogP contribution in [0.2, 0.25) is 0 Å². The lowest BCUT2D eigenvalue weighted by atomic mass is 9.87. The van der Waals surface area contributed by atoms with E-state index in [9.17, 15) is 29.3 Å². The second-order valence-corrected chi connectivity index (χ2v) is 8.74. The molecule has 0 saturated carbocycles. The van der Waals surface area contributed by atoms with Gasteiger partial charge < -0.3 is 20.5 Å². The third-order valence-corrected chi connectivity index (χ3v) is 6.23. The Hall–Kier alpha value is -4.48. The van der Waals surface area contributed by atoms with Crippen LogP contribution >= 0.6 is 0 Å². The quantitative estimate of drug-likeness (QED) is 0.255. The summed E-state index contributed by atoms with van der Waals surface area (Å²) < 4.78 is 10.4. The third kappa shape index (κ3) is 7.28. The van der Waals surface area contributed by atoms with E-state index >= 15 is 0 Å². The molecule has 3 N–H and O–H groups in total. The van der Waals surface area contributed by atoms with Crippen molar-refractivity contribution in [3.8, 4) is 0 Å². The molecule has 1 saturated heterocycles. The second-order valence-electron chi connectivity index (χ2n) is 8.74. The highest BCUT2D eigenvalue weighted by Gasteiger charge is 2.39. The highest BCUT2D eigenvalue weighted by molar-refractivity contribution is 5.92. The Morgan fingerprint density at radius 1 is 1.11 bits per heavy atom. The van der Waals surface area contributed by atoms with Gasteiger partial charge in [-0.3, -0.25) is 29.4 Å². The second kappa shape index (κ2) is 13.2. The lowest BCUT2D eigenvalue weighted by Crippen LogP contribution is -2.54. The lowest BCUT2D eigenvalue weighted by Gasteiger charge is -2.29. The van der Waals surface area contributed by atoms with Crippen molar-refractivity contribution in [2.45, 2.75) is 50.8 Å². The van der Waals surface area contributed by atoms with Crippen LogP contribution in [0.25, 0.3) is 0 Å². The number of likely N-dealkylation sites (tertiary alicyclic amines) is 1. The van der Waals surface area contributed by atoms with Gasteiger partial charge in [-0.2, -0.15) is 0 Å². The molecule has 12 nitrogen and oxygen atoms in total. The van der Waals surface area contributed by atoms with Gasteiger partial charge in [0.1, 0.15) is 18.7 Å². The topological polar surface area (TPSA) is 171 Å². The third-order valence-electron chi connectivity index (χ3n) is 6.23. The molecule has 0 bridgehead atoms. The Morgan fingerprint density at radius 3 is 2.39 bits per heavy atom. The summed E-state index contributed by atoms with van der Waals surface area (Å²) in [6.07, 6.45) is -0.0836. The number of non-ortho nitro benzene ring substituents is 1. The maximum absolute atomic E-state index is 13.3. The molecule has 1 fully saturated rings.